The summed E-state index contributed by atoms with van der Waals surface area (Å²) in [4.78, 5) is 27.6. The van der Waals surface area contributed by atoms with Gasteiger partial charge in [-0.3, -0.25) is 9.59 Å². The van der Waals surface area contributed by atoms with Crippen molar-refractivity contribution < 1.29 is 9.59 Å². The van der Waals surface area contributed by atoms with Crippen LogP contribution in [0.4, 0.5) is 5.69 Å². The van der Waals surface area contributed by atoms with Crippen molar-refractivity contribution in [3.63, 3.8) is 0 Å². The molecule has 2 aromatic carbocycles. The van der Waals surface area contributed by atoms with Crippen LogP contribution in [0.5, 0.6) is 0 Å². The molecule has 4 rings (SSSR count). The number of nitrogens with zero attached hydrogens (tertiary/aromatic N) is 3. The summed E-state index contributed by atoms with van der Waals surface area (Å²) in [7, 11) is 0. The van der Waals surface area contributed by atoms with Gasteiger partial charge in [0, 0.05) is 18.8 Å². The molecule has 6 nitrogen and oxygen atoms in total. The molecule has 2 amide bonds. The average molecular weight is 388 g/mol. The van der Waals surface area contributed by atoms with E-state index in [0.717, 1.165) is 29.9 Å². The molecule has 1 aliphatic heterocycles. The Morgan fingerprint density at radius 1 is 1.03 bits per heavy atom. The van der Waals surface area contributed by atoms with Crippen molar-refractivity contribution in [2.45, 2.75) is 19.8 Å². The minimum absolute atomic E-state index is 0.0367. The maximum absolute atomic E-state index is 13.1. The van der Waals surface area contributed by atoms with Gasteiger partial charge in [0.25, 0.3) is 5.91 Å². The normalized spacial score (nSPS) is 16.4. The van der Waals surface area contributed by atoms with Crippen LogP contribution in [0.15, 0.2) is 66.9 Å². The van der Waals surface area contributed by atoms with Crippen molar-refractivity contribution >= 4 is 17.5 Å². The Hall–Kier alpha value is -3.41. The molecular formula is C23H24N4O2. The zero-order valence-electron chi connectivity index (χ0n) is 16.4. The Bertz CT molecular complexity index is 998. The predicted octanol–water partition coefficient (Wildman–Crippen LogP) is 3.67. The fraction of sp³-hybridized carbons (Fsp3) is 0.261. The molecule has 3 aromatic rings. The van der Waals surface area contributed by atoms with E-state index in [2.05, 4.69) is 10.4 Å². The number of amides is 2. The number of para-hydroxylation sites is 2. The van der Waals surface area contributed by atoms with Gasteiger partial charge in [-0.25, -0.2) is 4.68 Å². The third-order valence-electron chi connectivity index (χ3n) is 5.36. The first-order valence-corrected chi connectivity index (χ1v) is 9.88. The van der Waals surface area contributed by atoms with Crippen molar-refractivity contribution in [3.05, 3.63) is 78.1 Å². The van der Waals surface area contributed by atoms with Gasteiger partial charge in [0.15, 0.2) is 0 Å². The lowest BCUT2D eigenvalue weighted by molar-refractivity contribution is -0.121. The number of carbonyl (C=O) groups excluding carboxylic acids is 2. The van der Waals surface area contributed by atoms with Crippen LogP contribution in [0.1, 0.15) is 28.9 Å². The Morgan fingerprint density at radius 3 is 2.45 bits per heavy atom. The zero-order chi connectivity index (χ0) is 20.2. The van der Waals surface area contributed by atoms with E-state index >= 15 is 0 Å². The highest BCUT2D eigenvalue weighted by atomic mass is 16.2. The van der Waals surface area contributed by atoms with E-state index in [9.17, 15) is 9.59 Å². The summed E-state index contributed by atoms with van der Waals surface area (Å²) in [5.41, 5.74) is 3.08. The second kappa shape index (κ2) is 8.31. The fourth-order valence-electron chi connectivity index (χ4n) is 3.76. The zero-order valence-corrected chi connectivity index (χ0v) is 16.4. The maximum Gasteiger partial charge on any atom is 0.257 e. The van der Waals surface area contributed by atoms with Crippen molar-refractivity contribution in [1.82, 2.24) is 14.7 Å². The van der Waals surface area contributed by atoms with Crippen LogP contribution < -0.4 is 5.32 Å². The summed E-state index contributed by atoms with van der Waals surface area (Å²) in [6.45, 7) is 2.98. The number of carbonyl (C=O) groups is 2. The SMILES string of the molecule is Cc1c(C(=O)N2CCCC(C(=O)Nc3ccccc3)C2)cnn1-c1ccccc1. The number of benzene rings is 2. The number of nitrogens with one attached hydrogen (secondary N) is 1. The highest BCUT2D eigenvalue weighted by Crippen LogP contribution is 2.22. The molecule has 2 heterocycles. The molecular weight excluding hydrogens is 364 g/mol. The fourth-order valence-corrected chi connectivity index (χ4v) is 3.76. The number of hydrogen-bond acceptors (Lipinski definition) is 3. The van der Waals surface area contributed by atoms with E-state index in [4.69, 9.17) is 0 Å². The number of piperidine rings is 1. The Labute approximate surface area is 170 Å². The molecule has 1 aliphatic rings. The smallest absolute Gasteiger partial charge is 0.257 e. The van der Waals surface area contributed by atoms with Crippen molar-refractivity contribution in [3.8, 4) is 5.69 Å². The molecule has 1 aromatic heterocycles. The molecule has 1 saturated heterocycles. The van der Waals surface area contributed by atoms with Crippen molar-refractivity contribution in [1.29, 1.82) is 0 Å². The molecule has 0 bridgehead atoms. The second-order valence-electron chi connectivity index (χ2n) is 7.34. The molecule has 0 radical (unpaired) electrons. The monoisotopic (exact) mass is 388 g/mol. The van der Waals surface area contributed by atoms with Crippen molar-refractivity contribution in [2.24, 2.45) is 5.92 Å². The van der Waals surface area contributed by atoms with Gasteiger partial charge in [-0.05, 0) is 44.0 Å². The van der Waals surface area contributed by atoms with Crippen LogP contribution in [-0.4, -0.2) is 39.6 Å². The molecule has 6 heteroatoms. The minimum Gasteiger partial charge on any atom is -0.338 e. The summed E-state index contributed by atoms with van der Waals surface area (Å²) >= 11 is 0. The molecule has 148 valence electrons. The average Bonchev–Trinajstić information content (AvgIpc) is 3.16. The highest BCUT2D eigenvalue weighted by Gasteiger charge is 2.30. The Kier molecular flexibility index (Phi) is 5.42. The lowest BCUT2D eigenvalue weighted by Gasteiger charge is -2.32. The van der Waals surface area contributed by atoms with Gasteiger partial charge in [-0.1, -0.05) is 36.4 Å². The van der Waals surface area contributed by atoms with Gasteiger partial charge in [-0.2, -0.15) is 5.10 Å². The minimum atomic E-state index is -0.211. The summed E-state index contributed by atoms with van der Waals surface area (Å²) in [5, 5.41) is 7.36. The quantitative estimate of drug-likeness (QED) is 0.742. The van der Waals surface area contributed by atoms with Crippen LogP contribution in [0, 0.1) is 12.8 Å². The van der Waals surface area contributed by atoms with Crippen LogP contribution in [0.25, 0.3) is 5.69 Å². The maximum atomic E-state index is 13.1. The van der Waals surface area contributed by atoms with Crippen LogP contribution in [0.2, 0.25) is 0 Å². The summed E-state index contributed by atoms with van der Waals surface area (Å²) in [6, 6.07) is 19.2. The molecule has 1 unspecified atom stereocenters. The Balaban J connectivity index is 1.47. The van der Waals surface area contributed by atoms with E-state index in [1.165, 1.54) is 0 Å². The third kappa shape index (κ3) is 4.06. The molecule has 1 N–H and O–H groups in total. The van der Waals surface area contributed by atoms with Crippen LogP contribution in [-0.2, 0) is 4.79 Å². The summed E-state index contributed by atoms with van der Waals surface area (Å²) in [6.07, 6.45) is 3.22. The number of hydrogen-bond donors (Lipinski definition) is 1. The second-order valence-corrected chi connectivity index (χ2v) is 7.34. The third-order valence-corrected chi connectivity index (χ3v) is 5.36. The van der Waals surface area contributed by atoms with E-state index in [-0.39, 0.29) is 17.7 Å². The Morgan fingerprint density at radius 2 is 1.72 bits per heavy atom. The number of rotatable bonds is 4. The van der Waals surface area contributed by atoms with Gasteiger partial charge in [0.1, 0.15) is 0 Å². The van der Waals surface area contributed by atoms with Gasteiger partial charge in [0.2, 0.25) is 5.91 Å². The van der Waals surface area contributed by atoms with Gasteiger partial charge in [0.05, 0.1) is 29.1 Å². The molecule has 0 saturated carbocycles. The lowest BCUT2D eigenvalue weighted by atomic mass is 9.96. The number of likely N-dealkylation sites (tertiary alicyclic amines) is 1. The first kappa shape index (κ1) is 18.9. The summed E-state index contributed by atoms with van der Waals surface area (Å²) < 4.78 is 1.77. The number of anilines is 1. The van der Waals surface area contributed by atoms with Crippen LogP contribution >= 0.6 is 0 Å². The summed E-state index contributed by atoms with van der Waals surface area (Å²) in [5.74, 6) is -0.315. The van der Waals surface area contributed by atoms with E-state index in [0.29, 0.717) is 18.7 Å². The molecule has 1 atom stereocenters. The molecule has 0 spiro atoms. The first-order valence-electron chi connectivity index (χ1n) is 9.88. The predicted molar refractivity (Wildman–Crippen MR) is 112 cm³/mol. The van der Waals surface area contributed by atoms with Gasteiger partial charge >= 0.3 is 0 Å². The molecule has 29 heavy (non-hydrogen) atoms. The van der Waals surface area contributed by atoms with E-state index < -0.39 is 0 Å². The number of aromatic nitrogens is 2. The largest absolute Gasteiger partial charge is 0.338 e. The van der Waals surface area contributed by atoms with Crippen LogP contribution in [0.3, 0.4) is 0 Å². The molecule has 0 aliphatic carbocycles. The van der Waals surface area contributed by atoms with Crippen molar-refractivity contribution in [2.75, 3.05) is 18.4 Å². The van der Waals surface area contributed by atoms with E-state index in [1.807, 2.05) is 67.6 Å². The van der Waals surface area contributed by atoms with Gasteiger partial charge < -0.3 is 10.2 Å². The van der Waals surface area contributed by atoms with Gasteiger partial charge in [-0.15, -0.1) is 0 Å². The van der Waals surface area contributed by atoms with E-state index in [1.54, 1.807) is 15.8 Å². The lowest BCUT2D eigenvalue weighted by Crippen LogP contribution is -2.43. The standard InChI is InChI=1S/C23H24N4O2/c1-17-21(15-24-27(17)20-12-6-3-7-13-20)23(29)26-14-8-9-18(16-26)22(28)25-19-10-4-2-5-11-19/h2-7,10-13,15,18H,8-9,14,16H2,1H3,(H,25,28). The first-order chi connectivity index (χ1) is 14.1. The molecule has 1 fully saturated rings. The highest BCUT2D eigenvalue weighted by molar-refractivity contribution is 5.97. The topological polar surface area (TPSA) is 67.2 Å².